The summed E-state index contributed by atoms with van der Waals surface area (Å²) in [6.45, 7) is 0.385. The molecular formula is C16H23NO2. The SMILES string of the molecule is CN(C)C1CCCCC1C(=O)OCc1ccccc1. The molecule has 1 aliphatic carbocycles. The second-order valence-electron chi connectivity index (χ2n) is 5.52. The van der Waals surface area contributed by atoms with E-state index in [-0.39, 0.29) is 11.9 Å². The summed E-state index contributed by atoms with van der Waals surface area (Å²) in [7, 11) is 4.10. The van der Waals surface area contributed by atoms with Crippen molar-refractivity contribution < 1.29 is 9.53 Å². The highest BCUT2D eigenvalue weighted by atomic mass is 16.5. The van der Waals surface area contributed by atoms with Gasteiger partial charge in [0.25, 0.3) is 0 Å². The summed E-state index contributed by atoms with van der Waals surface area (Å²) in [5.41, 5.74) is 1.05. The molecule has 1 aliphatic rings. The van der Waals surface area contributed by atoms with Gasteiger partial charge in [-0.2, -0.15) is 0 Å². The minimum atomic E-state index is -0.0396. The van der Waals surface area contributed by atoms with Crippen molar-refractivity contribution in [3.05, 3.63) is 35.9 Å². The lowest BCUT2D eigenvalue weighted by Gasteiger charge is -2.34. The van der Waals surface area contributed by atoms with Crippen molar-refractivity contribution in [2.45, 2.75) is 38.3 Å². The summed E-state index contributed by atoms with van der Waals surface area (Å²) >= 11 is 0. The van der Waals surface area contributed by atoms with Crippen LogP contribution in [-0.4, -0.2) is 31.0 Å². The second kappa shape index (κ2) is 6.71. The van der Waals surface area contributed by atoms with E-state index in [2.05, 4.69) is 4.90 Å². The molecule has 2 unspecified atom stereocenters. The van der Waals surface area contributed by atoms with Gasteiger partial charge in [0, 0.05) is 6.04 Å². The van der Waals surface area contributed by atoms with Crippen molar-refractivity contribution in [1.29, 1.82) is 0 Å². The number of benzene rings is 1. The molecule has 3 heteroatoms. The highest BCUT2D eigenvalue weighted by Crippen LogP contribution is 2.28. The smallest absolute Gasteiger partial charge is 0.310 e. The molecule has 2 rings (SSSR count). The third-order valence-electron chi connectivity index (χ3n) is 3.92. The summed E-state index contributed by atoms with van der Waals surface area (Å²) in [4.78, 5) is 14.4. The first-order chi connectivity index (χ1) is 9.18. The number of carbonyl (C=O) groups is 1. The van der Waals surface area contributed by atoms with Gasteiger partial charge in [0.05, 0.1) is 5.92 Å². The maximum Gasteiger partial charge on any atom is 0.310 e. The second-order valence-corrected chi connectivity index (χ2v) is 5.52. The minimum absolute atomic E-state index is 0.0347. The lowest BCUT2D eigenvalue weighted by Crippen LogP contribution is -2.42. The van der Waals surface area contributed by atoms with Crippen LogP contribution in [0.4, 0.5) is 0 Å². The zero-order chi connectivity index (χ0) is 13.7. The molecule has 0 amide bonds. The maximum absolute atomic E-state index is 12.2. The van der Waals surface area contributed by atoms with Crippen LogP contribution >= 0.6 is 0 Å². The molecule has 0 spiro atoms. The average molecular weight is 261 g/mol. The van der Waals surface area contributed by atoms with E-state index in [1.165, 1.54) is 6.42 Å². The van der Waals surface area contributed by atoms with Crippen LogP contribution < -0.4 is 0 Å². The van der Waals surface area contributed by atoms with Crippen molar-refractivity contribution in [1.82, 2.24) is 4.90 Å². The number of ether oxygens (including phenoxy) is 1. The highest BCUT2D eigenvalue weighted by molar-refractivity contribution is 5.73. The van der Waals surface area contributed by atoms with E-state index in [9.17, 15) is 4.79 Å². The normalized spacial score (nSPS) is 23.3. The Kier molecular flexibility index (Phi) is 4.97. The van der Waals surface area contributed by atoms with Crippen LogP contribution in [0.3, 0.4) is 0 Å². The molecule has 104 valence electrons. The largest absolute Gasteiger partial charge is 0.461 e. The Balaban J connectivity index is 1.91. The highest BCUT2D eigenvalue weighted by Gasteiger charge is 2.33. The summed E-state index contributed by atoms with van der Waals surface area (Å²) in [6.07, 6.45) is 4.40. The summed E-state index contributed by atoms with van der Waals surface area (Å²) in [5.74, 6) is -0.00489. The van der Waals surface area contributed by atoms with Gasteiger partial charge in [0.1, 0.15) is 6.61 Å². The van der Waals surface area contributed by atoms with E-state index in [1.807, 2.05) is 44.4 Å². The zero-order valence-corrected chi connectivity index (χ0v) is 11.8. The molecule has 0 bridgehead atoms. The van der Waals surface area contributed by atoms with Gasteiger partial charge < -0.3 is 9.64 Å². The van der Waals surface area contributed by atoms with Crippen molar-refractivity contribution in [2.24, 2.45) is 5.92 Å². The number of hydrogen-bond acceptors (Lipinski definition) is 3. The standard InChI is InChI=1S/C16H23NO2/c1-17(2)15-11-7-6-10-14(15)16(18)19-12-13-8-4-3-5-9-13/h3-5,8-9,14-15H,6-7,10-12H2,1-2H3. The molecule has 19 heavy (non-hydrogen) atoms. The van der Waals surface area contributed by atoms with Crippen LogP contribution in [0.1, 0.15) is 31.2 Å². The molecule has 1 saturated carbocycles. The van der Waals surface area contributed by atoms with Crippen LogP contribution in [0.15, 0.2) is 30.3 Å². The van der Waals surface area contributed by atoms with Crippen LogP contribution in [0.5, 0.6) is 0 Å². The van der Waals surface area contributed by atoms with E-state index in [0.717, 1.165) is 24.8 Å². The summed E-state index contributed by atoms with van der Waals surface area (Å²) < 4.78 is 5.48. The Morgan fingerprint density at radius 3 is 2.58 bits per heavy atom. The van der Waals surface area contributed by atoms with E-state index in [4.69, 9.17) is 4.74 Å². The molecule has 0 N–H and O–H groups in total. The molecule has 0 aromatic heterocycles. The fourth-order valence-electron chi connectivity index (χ4n) is 2.84. The lowest BCUT2D eigenvalue weighted by atomic mass is 9.84. The molecule has 0 heterocycles. The van der Waals surface area contributed by atoms with Gasteiger partial charge >= 0.3 is 5.97 Å². The minimum Gasteiger partial charge on any atom is -0.461 e. The fraction of sp³-hybridized carbons (Fsp3) is 0.562. The van der Waals surface area contributed by atoms with E-state index in [1.54, 1.807) is 0 Å². The number of rotatable bonds is 4. The Hall–Kier alpha value is -1.35. The predicted molar refractivity (Wildman–Crippen MR) is 75.7 cm³/mol. The van der Waals surface area contributed by atoms with Gasteiger partial charge in [-0.15, -0.1) is 0 Å². The topological polar surface area (TPSA) is 29.5 Å². The van der Waals surface area contributed by atoms with Crippen molar-refractivity contribution in [3.8, 4) is 0 Å². The monoisotopic (exact) mass is 261 g/mol. The number of hydrogen-bond donors (Lipinski definition) is 0. The first-order valence-electron chi connectivity index (χ1n) is 7.05. The first-order valence-corrected chi connectivity index (χ1v) is 7.05. The van der Waals surface area contributed by atoms with Gasteiger partial charge in [-0.1, -0.05) is 43.2 Å². The van der Waals surface area contributed by atoms with Crippen LogP contribution in [0.2, 0.25) is 0 Å². The molecule has 0 radical (unpaired) electrons. The molecule has 0 saturated heterocycles. The van der Waals surface area contributed by atoms with Gasteiger partial charge in [0.2, 0.25) is 0 Å². The Bertz CT molecular complexity index is 402. The van der Waals surface area contributed by atoms with E-state index < -0.39 is 0 Å². The summed E-state index contributed by atoms with van der Waals surface area (Å²) in [5, 5.41) is 0. The molecule has 1 aromatic rings. The molecule has 3 nitrogen and oxygen atoms in total. The van der Waals surface area contributed by atoms with Crippen LogP contribution in [-0.2, 0) is 16.1 Å². The molecule has 2 atom stereocenters. The van der Waals surface area contributed by atoms with E-state index in [0.29, 0.717) is 12.6 Å². The number of carbonyl (C=O) groups excluding carboxylic acids is 1. The zero-order valence-electron chi connectivity index (χ0n) is 11.8. The van der Waals surface area contributed by atoms with Crippen molar-refractivity contribution in [3.63, 3.8) is 0 Å². The predicted octanol–water partition coefficient (Wildman–Crippen LogP) is 2.85. The number of esters is 1. The lowest BCUT2D eigenvalue weighted by molar-refractivity contribution is -0.153. The van der Waals surface area contributed by atoms with Gasteiger partial charge in [-0.3, -0.25) is 4.79 Å². The first kappa shape index (κ1) is 14.1. The Morgan fingerprint density at radius 2 is 1.89 bits per heavy atom. The van der Waals surface area contributed by atoms with Gasteiger partial charge in [0.15, 0.2) is 0 Å². The van der Waals surface area contributed by atoms with Gasteiger partial charge in [-0.05, 0) is 32.5 Å². The number of nitrogens with zero attached hydrogens (tertiary/aromatic N) is 1. The summed E-state index contributed by atoms with van der Waals surface area (Å²) in [6, 6.07) is 10.2. The fourth-order valence-corrected chi connectivity index (χ4v) is 2.84. The van der Waals surface area contributed by atoms with E-state index >= 15 is 0 Å². The third-order valence-corrected chi connectivity index (χ3v) is 3.92. The molecule has 1 fully saturated rings. The average Bonchev–Trinajstić information content (AvgIpc) is 2.46. The molecular weight excluding hydrogens is 238 g/mol. The van der Waals surface area contributed by atoms with Crippen LogP contribution in [0, 0.1) is 5.92 Å². The van der Waals surface area contributed by atoms with Gasteiger partial charge in [-0.25, -0.2) is 0 Å². The van der Waals surface area contributed by atoms with Crippen LogP contribution in [0.25, 0.3) is 0 Å². The molecule has 0 aliphatic heterocycles. The maximum atomic E-state index is 12.2. The van der Waals surface area contributed by atoms with Crippen molar-refractivity contribution >= 4 is 5.97 Å². The third kappa shape index (κ3) is 3.80. The Morgan fingerprint density at radius 1 is 1.21 bits per heavy atom. The quantitative estimate of drug-likeness (QED) is 0.781. The Labute approximate surface area is 115 Å². The van der Waals surface area contributed by atoms with Crippen molar-refractivity contribution in [2.75, 3.05) is 14.1 Å². The molecule has 1 aromatic carbocycles.